The lowest BCUT2D eigenvalue weighted by Gasteiger charge is -2.21. The summed E-state index contributed by atoms with van der Waals surface area (Å²) in [4.78, 5) is 11.1. The minimum atomic E-state index is -0.741. The van der Waals surface area contributed by atoms with Crippen LogP contribution < -0.4 is 5.32 Å². The Bertz CT molecular complexity index is 194. The summed E-state index contributed by atoms with van der Waals surface area (Å²) < 4.78 is 4.98. The summed E-state index contributed by atoms with van der Waals surface area (Å²) >= 11 is 0. The Morgan fingerprint density at radius 1 is 1.54 bits per heavy atom. The van der Waals surface area contributed by atoms with E-state index >= 15 is 0 Å². The van der Waals surface area contributed by atoms with Crippen molar-refractivity contribution in [1.29, 1.82) is 0 Å². The van der Waals surface area contributed by atoms with Crippen LogP contribution in [0.2, 0.25) is 0 Å². The number of ether oxygens (including phenoxy) is 1. The predicted molar refractivity (Wildman–Crippen MR) is 48.1 cm³/mol. The van der Waals surface area contributed by atoms with Gasteiger partial charge in [-0.05, 0) is 33.6 Å². The normalized spacial score (nSPS) is 19.4. The van der Waals surface area contributed by atoms with Gasteiger partial charge in [-0.15, -0.1) is 0 Å². The van der Waals surface area contributed by atoms with Gasteiger partial charge in [0.2, 0.25) is 0 Å². The summed E-state index contributed by atoms with van der Waals surface area (Å²) in [6.45, 7) is 5.36. The van der Waals surface area contributed by atoms with Gasteiger partial charge in [0, 0.05) is 5.92 Å². The van der Waals surface area contributed by atoms with Gasteiger partial charge in [0.05, 0.1) is 0 Å². The fraction of sp³-hybridized carbons (Fsp3) is 0.889. The maximum atomic E-state index is 11.1. The Morgan fingerprint density at radius 3 is 2.46 bits per heavy atom. The second-order valence-electron chi connectivity index (χ2n) is 4.43. The van der Waals surface area contributed by atoms with Crippen molar-refractivity contribution in [3.63, 3.8) is 0 Å². The largest absolute Gasteiger partial charge is 0.444 e. The summed E-state index contributed by atoms with van der Waals surface area (Å²) in [6.07, 6.45) is 0.676. The van der Waals surface area contributed by atoms with E-state index < -0.39 is 17.9 Å². The lowest BCUT2D eigenvalue weighted by atomic mass is 10.2. The van der Waals surface area contributed by atoms with Crippen LogP contribution in [0.25, 0.3) is 0 Å². The topological polar surface area (TPSA) is 58.6 Å². The number of alkyl carbamates (subject to hydrolysis) is 1. The number of amides is 1. The van der Waals surface area contributed by atoms with Crippen molar-refractivity contribution in [2.45, 2.75) is 45.4 Å². The Morgan fingerprint density at radius 2 is 2.08 bits per heavy atom. The standard InChI is InChI=1S/C9H17NO3/c1-9(2,3)13-8(12)10-7(11)6-4-5-6/h6-7,11H,4-5H2,1-3H3,(H,10,12). The van der Waals surface area contributed by atoms with Gasteiger partial charge in [-0.1, -0.05) is 0 Å². The van der Waals surface area contributed by atoms with E-state index in [2.05, 4.69) is 5.32 Å². The zero-order valence-electron chi connectivity index (χ0n) is 8.33. The van der Waals surface area contributed by atoms with E-state index in [9.17, 15) is 9.90 Å². The lowest BCUT2D eigenvalue weighted by molar-refractivity contribution is 0.0319. The first-order valence-electron chi connectivity index (χ1n) is 4.56. The van der Waals surface area contributed by atoms with Gasteiger partial charge in [0.15, 0.2) is 0 Å². The highest BCUT2D eigenvalue weighted by molar-refractivity contribution is 5.67. The van der Waals surface area contributed by atoms with Gasteiger partial charge in [0.1, 0.15) is 11.8 Å². The minimum Gasteiger partial charge on any atom is -0.444 e. The van der Waals surface area contributed by atoms with Crippen molar-refractivity contribution in [2.75, 3.05) is 0 Å². The fourth-order valence-electron chi connectivity index (χ4n) is 0.958. The van der Waals surface area contributed by atoms with Crippen molar-refractivity contribution < 1.29 is 14.6 Å². The molecule has 0 aromatic heterocycles. The number of carbonyl (C=O) groups excluding carboxylic acids is 1. The summed E-state index contributed by atoms with van der Waals surface area (Å²) in [5, 5.41) is 11.7. The maximum Gasteiger partial charge on any atom is 0.409 e. The molecule has 0 spiro atoms. The molecule has 0 aromatic carbocycles. The molecule has 1 atom stereocenters. The summed E-state index contributed by atoms with van der Waals surface area (Å²) in [5.74, 6) is 0.229. The maximum absolute atomic E-state index is 11.1. The molecule has 1 amide bonds. The molecule has 13 heavy (non-hydrogen) atoms. The molecule has 4 heteroatoms. The smallest absolute Gasteiger partial charge is 0.409 e. The molecular formula is C9H17NO3. The summed E-state index contributed by atoms with van der Waals surface area (Å²) in [5.41, 5.74) is -0.507. The SMILES string of the molecule is CC(C)(C)OC(=O)NC(O)C1CC1. The average molecular weight is 187 g/mol. The third-order valence-corrected chi connectivity index (χ3v) is 1.73. The van der Waals surface area contributed by atoms with E-state index in [-0.39, 0.29) is 5.92 Å². The zero-order valence-corrected chi connectivity index (χ0v) is 8.33. The molecular weight excluding hydrogens is 170 g/mol. The Balaban J connectivity index is 2.24. The molecule has 4 nitrogen and oxygen atoms in total. The van der Waals surface area contributed by atoms with Crippen LogP contribution in [0.5, 0.6) is 0 Å². The molecule has 1 rings (SSSR count). The Kier molecular flexibility index (Phi) is 2.81. The first-order chi connectivity index (χ1) is 5.88. The molecule has 0 radical (unpaired) electrons. The van der Waals surface area contributed by atoms with Crippen LogP contribution >= 0.6 is 0 Å². The van der Waals surface area contributed by atoms with Gasteiger partial charge in [-0.3, -0.25) is 5.32 Å². The van der Waals surface area contributed by atoms with E-state index in [1.165, 1.54) is 0 Å². The minimum absolute atomic E-state index is 0.229. The van der Waals surface area contributed by atoms with E-state index in [1.807, 2.05) is 0 Å². The van der Waals surface area contributed by atoms with Crippen LogP contribution in [0.15, 0.2) is 0 Å². The summed E-state index contributed by atoms with van der Waals surface area (Å²) in [7, 11) is 0. The summed E-state index contributed by atoms with van der Waals surface area (Å²) in [6, 6.07) is 0. The molecule has 1 aliphatic rings. The van der Waals surface area contributed by atoms with Crippen molar-refractivity contribution >= 4 is 6.09 Å². The van der Waals surface area contributed by atoms with Crippen LogP contribution in [0.1, 0.15) is 33.6 Å². The molecule has 1 saturated carbocycles. The number of aliphatic hydroxyl groups excluding tert-OH is 1. The van der Waals surface area contributed by atoms with Crippen molar-refractivity contribution in [3.8, 4) is 0 Å². The Labute approximate surface area is 78.3 Å². The first kappa shape index (κ1) is 10.3. The molecule has 0 bridgehead atoms. The second-order valence-corrected chi connectivity index (χ2v) is 4.43. The quantitative estimate of drug-likeness (QED) is 0.639. The molecule has 0 aromatic rings. The van der Waals surface area contributed by atoms with E-state index in [1.54, 1.807) is 20.8 Å². The van der Waals surface area contributed by atoms with Gasteiger partial charge in [0.25, 0.3) is 0 Å². The number of aliphatic hydroxyl groups is 1. The fourth-order valence-corrected chi connectivity index (χ4v) is 0.958. The van der Waals surface area contributed by atoms with Crippen LogP contribution in [0, 0.1) is 5.92 Å². The first-order valence-corrected chi connectivity index (χ1v) is 4.56. The number of hydrogen-bond acceptors (Lipinski definition) is 3. The molecule has 1 fully saturated rings. The van der Waals surface area contributed by atoms with Crippen molar-refractivity contribution in [3.05, 3.63) is 0 Å². The molecule has 1 aliphatic carbocycles. The van der Waals surface area contributed by atoms with E-state index in [0.717, 1.165) is 12.8 Å². The molecule has 1 unspecified atom stereocenters. The highest BCUT2D eigenvalue weighted by Crippen LogP contribution is 2.31. The second kappa shape index (κ2) is 3.54. The van der Waals surface area contributed by atoms with Crippen LogP contribution in [0.3, 0.4) is 0 Å². The lowest BCUT2D eigenvalue weighted by Crippen LogP contribution is -2.40. The van der Waals surface area contributed by atoms with E-state index in [4.69, 9.17) is 4.74 Å². The molecule has 0 saturated heterocycles. The number of rotatable bonds is 2. The molecule has 0 heterocycles. The monoisotopic (exact) mass is 187 g/mol. The highest BCUT2D eigenvalue weighted by Gasteiger charge is 2.31. The predicted octanol–water partition coefficient (Wildman–Crippen LogP) is 1.24. The number of nitrogens with one attached hydrogen (secondary N) is 1. The molecule has 0 aliphatic heterocycles. The van der Waals surface area contributed by atoms with Crippen molar-refractivity contribution in [2.24, 2.45) is 5.92 Å². The molecule has 76 valence electrons. The van der Waals surface area contributed by atoms with Crippen LogP contribution in [-0.2, 0) is 4.74 Å². The van der Waals surface area contributed by atoms with Crippen LogP contribution in [-0.4, -0.2) is 23.0 Å². The third-order valence-electron chi connectivity index (χ3n) is 1.73. The van der Waals surface area contributed by atoms with Gasteiger partial charge in [-0.2, -0.15) is 0 Å². The highest BCUT2D eigenvalue weighted by atomic mass is 16.6. The van der Waals surface area contributed by atoms with Gasteiger partial charge >= 0.3 is 6.09 Å². The average Bonchev–Trinajstić information content (AvgIpc) is 2.60. The number of carbonyl (C=O) groups is 1. The van der Waals surface area contributed by atoms with Crippen molar-refractivity contribution in [1.82, 2.24) is 5.32 Å². The van der Waals surface area contributed by atoms with Crippen LogP contribution in [0.4, 0.5) is 4.79 Å². The van der Waals surface area contributed by atoms with Gasteiger partial charge in [-0.25, -0.2) is 4.79 Å². The zero-order chi connectivity index (χ0) is 10.1. The Hall–Kier alpha value is -0.770. The van der Waals surface area contributed by atoms with E-state index in [0.29, 0.717) is 0 Å². The number of hydrogen-bond donors (Lipinski definition) is 2. The molecule has 2 N–H and O–H groups in total. The van der Waals surface area contributed by atoms with Gasteiger partial charge < -0.3 is 9.84 Å². The third kappa shape index (κ3) is 4.12.